The zero-order valence-electron chi connectivity index (χ0n) is 13.4. The predicted molar refractivity (Wildman–Crippen MR) is 86.9 cm³/mol. The first-order chi connectivity index (χ1) is 10.2. The third-order valence-electron chi connectivity index (χ3n) is 3.95. The lowest BCUT2D eigenvalue weighted by Crippen LogP contribution is -2.29. The lowest BCUT2D eigenvalue weighted by Gasteiger charge is -2.20. The second kappa shape index (κ2) is 10.3. The molecule has 1 aromatic heterocycles. The van der Waals surface area contributed by atoms with Gasteiger partial charge in [0, 0.05) is 32.4 Å². The van der Waals surface area contributed by atoms with Crippen molar-refractivity contribution in [3.8, 4) is 0 Å². The molecule has 0 saturated carbocycles. The lowest BCUT2D eigenvalue weighted by molar-refractivity contribution is -0.130. The number of hydrogen-bond acceptors (Lipinski definition) is 3. The molecule has 0 fully saturated rings. The Bertz CT molecular complexity index is 388. The summed E-state index contributed by atoms with van der Waals surface area (Å²) in [6.45, 7) is 3.67. The van der Waals surface area contributed by atoms with Crippen molar-refractivity contribution >= 4 is 5.91 Å². The maximum absolute atomic E-state index is 12.2. The van der Waals surface area contributed by atoms with E-state index in [9.17, 15) is 4.79 Å². The first-order valence-corrected chi connectivity index (χ1v) is 8.00. The molecule has 0 aromatic carbocycles. The van der Waals surface area contributed by atoms with Crippen molar-refractivity contribution in [3.63, 3.8) is 0 Å². The average molecular weight is 291 g/mol. The molecule has 0 saturated heterocycles. The molecule has 0 bridgehead atoms. The number of amides is 1. The molecule has 21 heavy (non-hydrogen) atoms. The van der Waals surface area contributed by atoms with Gasteiger partial charge < -0.3 is 10.6 Å². The van der Waals surface area contributed by atoms with Crippen LogP contribution in [0, 0.1) is 5.92 Å². The van der Waals surface area contributed by atoms with Crippen molar-refractivity contribution in [1.82, 2.24) is 9.88 Å². The lowest BCUT2D eigenvalue weighted by atomic mass is 9.94. The average Bonchev–Trinajstić information content (AvgIpc) is 2.51. The highest BCUT2D eigenvalue weighted by Gasteiger charge is 2.13. The van der Waals surface area contributed by atoms with Gasteiger partial charge in [0.25, 0.3) is 0 Å². The first kappa shape index (κ1) is 17.6. The normalized spacial score (nSPS) is 12.1. The molecule has 2 N–H and O–H groups in total. The van der Waals surface area contributed by atoms with Gasteiger partial charge in [-0.25, -0.2) is 0 Å². The molecule has 0 aliphatic carbocycles. The number of nitrogens with zero attached hydrogens (tertiary/aromatic N) is 2. The van der Waals surface area contributed by atoms with E-state index in [0.717, 1.165) is 38.8 Å². The molecule has 118 valence electrons. The van der Waals surface area contributed by atoms with E-state index in [0.29, 0.717) is 12.3 Å². The van der Waals surface area contributed by atoms with E-state index in [-0.39, 0.29) is 5.91 Å². The SMILES string of the molecule is CCCC(CCN)CCC(=O)N(C)CCc1ccncc1. The summed E-state index contributed by atoms with van der Waals surface area (Å²) in [6, 6.07) is 3.99. The minimum Gasteiger partial charge on any atom is -0.345 e. The van der Waals surface area contributed by atoms with Crippen LogP contribution in [0.4, 0.5) is 0 Å². The Labute approximate surface area is 128 Å². The van der Waals surface area contributed by atoms with E-state index in [1.165, 1.54) is 12.0 Å². The molecule has 1 unspecified atom stereocenters. The van der Waals surface area contributed by atoms with Gasteiger partial charge in [-0.05, 0) is 49.4 Å². The standard InChI is InChI=1S/C17H29N3O/c1-3-4-15(7-11-18)5-6-17(21)20(2)14-10-16-8-12-19-13-9-16/h8-9,12-13,15H,3-7,10-11,14,18H2,1-2H3. The largest absolute Gasteiger partial charge is 0.345 e. The summed E-state index contributed by atoms with van der Waals surface area (Å²) >= 11 is 0. The van der Waals surface area contributed by atoms with E-state index in [1.54, 1.807) is 12.4 Å². The summed E-state index contributed by atoms with van der Waals surface area (Å²) in [5, 5.41) is 0. The molecule has 1 aromatic rings. The molecule has 4 nitrogen and oxygen atoms in total. The second-order valence-corrected chi connectivity index (χ2v) is 5.69. The molecule has 1 heterocycles. The van der Waals surface area contributed by atoms with Crippen LogP contribution >= 0.6 is 0 Å². The first-order valence-electron chi connectivity index (χ1n) is 8.00. The molecule has 1 amide bonds. The van der Waals surface area contributed by atoms with Crippen molar-refractivity contribution in [2.24, 2.45) is 11.7 Å². The summed E-state index contributed by atoms with van der Waals surface area (Å²) in [5.41, 5.74) is 6.86. The zero-order valence-corrected chi connectivity index (χ0v) is 13.4. The van der Waals surface area contributed by atoms with Gasteiger partial charge in [-0.15, -0.1) is 0 Å². The second-order valence-electron chi connectivity index (χ2n) is 5.69. The third-order valence-corrected chi connectivity index (χ3v) is 3.95. The van der Waals surface area contributed by atoms with Crippen LogP contribution in [0.5, 0.6) is 0 Å². The fraction of sp³-hybridized carbons (Fsp3) is 0.647. The van der Waals surface area contributed by atoms with Gasteiger partial charge in [-0.3, -0.25) is 9.78 Å². The Morgan fingerprint density at radius 3 is 2.62 bits per heavy atom. The zero-order chi connectivity index (χ0) is 15.5. The Morgan fingerprint density at radius 1 is 1.29 bits per heavy atom. The molecule has 0 radical (unpaired) electrons. The molecular weight excluding hydrogens is 262 g/mol. The highest BCUT2D eigenvalue weighted by Crippen LogP contribution is 2.17. The van der Waals surface area contributed by atoms with E-state index in [2.05, 4.69) is 11.9 Å². The number of carbonyl (C=O) groups is 1. The van der Waals surface area contributed by atoms with Crippen LogP contribution in [0.25, 0.3) is 0 Å². The Kier molecular flexibility index (Phi) is 8.67. The van der Waals surface area contributed by atoms with E-state index in [4.69, 9.17) is 5.73 Å². The van der Waals surface area contributed by atoms with Crippen LogP contribution in [-0.2, 0) is 11.2 Å². The van der Waals surface area contributed by atoms with Gasteiger partial charge in [0.2, 0.25) is 5.91 Å². The number of likely N-dealkylation sites (N-methyl/N-ethyl adjacent to an activating group) is 1. The van der Waals surface area contributed by atoms with Crippen LogP contribution in [0.2, 0.25) is 0 Å². The van der Waals surface area contributed by atoms with Gasteiger partial charge in [0.1, 0.15) is 0 Å². The van der Waals surface area contributed by atoms with Crippen LogP contribution < -0.4 is 5.73 Å². The molecule has 1 rings (SSSR count). The number of hydrogen-bond donors (Lipinski definition) is 1. The fourth-order valence-corrected chi connectivity index (χ4v) is 2.57. The Balaban J connectivity index is 2.30. The van der Waals surface area contributed by atoms with Crippen LogP contribution in [0.3, 0.4) is 0 Å². The van der Waals surface area contributed by atoms with Gasteiger partial charge in [-0.2, -0.15) is 0 Å². The number of pyridine rings is 1. The van der Waals surface area contributed by atoms with E-state index in [1.807, 2.05) is 24.1 Å². The summed E-state index contributed by atoms with van der Waals surface area (Å²) in [7, 11) is 1.89. The molecule has 0 aliphatic heterocycles. The quantitative estimate of drug-likeness (QED) is 0.721. The predicted octanol–water partition coefficient (Wildman–Crippen LogP) is 2.63. The summed E-state index contributed by atoms with van der Waals surface area (Å²) in [4.78, 5) is 18.0. The van der Waals surface area contributed by atoms with Crippen molar-refractivity contribution in [2.45, 2.75) is 45.4 Å². The smallest absolute Gasteiger partial charge is 0.222 e. The van der Waals surface area contributed by atoms with Crippen molar-refractivity contribution in [3.05, 3.63) is 30.1 Å². The topological polar surface area (TPSA) is 59.2 Å². The number of carbonyl (C=O) groups excluding carboxylic acids is 1. The van der Waals surface area contributed by atoms with E-state index < -0.39 is 0 Å². The molecule has 0 spiro atoms. The molecule has 0 aliphatic rings. The van der Waals surface area contributed by atoms with Crippen molar-refractivity contribution < 1.29 is 4.79 Å². The van der Waals surface area contributed by atoms with E-state index >= 15 is 0 Å². The van der Waals surface area contributed by atoms with Crippen molar-refractivity contribution in [2.75, 3.05) is 20.1 Å². The highest BCUT2D eigenvalue weighted by atomic mass is 16.2. The maximum Gasteiger partial charge on any atom is 0.222 e. The van der Waals surface area contributed by atoms with Crippen LogP contribution in [0.1, 0.15) is 44.6 Å². The van der Waals surface area contributed by atoms with Gasteiger partial charge in [0.15, 0.2) is 0 Å². The number of nitrogens with two attached hydrogens (primary N) is 1. The van der Waals surface area contributed by atoms with Gasteiger partial charge >= 0.3 is 0 Å². The minimum absolute atomic E-state index is 0.238. The Hall–Kier alpha value is -1.42. The summed E-state index contributed by atoms with van der Waals surface area (Å²) < 4.78 is 0. The number of rotatable bonds is 10. The summed E-state index contributed by atoms with van der Waals surface area (Å²) in [6.07, 6.45) is 9.43. The third kappa shape index (κ3) is 7.23. The minimum atomic E-state index is 0.238. The van der Waals surface area contributed by atoms with Crippen molar-refractivity contribution in [1.29, 1.82) is 0 Å². The van der Waals surface area contributed by atoms with Gasteiger partial charge in [-0.1, -0.05) is 19.8 Å². The summed E-state index contributed by atoms with van der Waals surface area (Å²) in [5.74, 6) is 0.833. The monoisotopic (exact) mass is 291 g/mol. The maximum atomic E-state index is 12.2. The van der Waals surface area contributed by atoms with Crippen LogP contribution in [-0.4, -0.2) is 35.9 Å². The molecule has 1 atom stereocenters. The molecular formula is C17H29N3O. The molecule has 4 heteroatoms. The van der Waals surface area contributed by atoms with Gasteiger partial charge in [0.05, 0.1) is 0 Å². The van der Waals surface area contributed by atoms with Crippen LogP contribution in [0.15, 0.2) is 24.5 Å². The highest BCUT2D eigenvalue weighted by molar-refractivity contribution is 5.75. The number of aromatic nitrogens is 1. The Morgan fingerprint density at radius 2 is 2.00 bits per heavy atom. The fourth-order valence-electron chi connectivity index (χ4n) is 2.57.